The Morgan fingerprint density at radius 2 is 1.84 bits per heavy atom. The van der Waals surface area contributed by atoms with Gasteiger partial charge in [0.25, 0.3) is 0 Å². The quantitative estimate of drug-likeness (QED) is 0.916. The Balaban J connectivity index is 1.93. The van der Waals surface area contributed by atoms with E-state index >= 15 is 0 Å². The number of aromatic nitrogens is 2. The highest BCUT2D eigenvalue weighted by Gasteiger charge is 2.10. The van der Waals surface area contributed by atoms with Crippen LogP contribution < -0.4 is 0 Å². The van der Waals surface area contributed by atoms with Gasteiger partial charge in [-0.3, -0.25) is 4.68 Å². The number of rotatable bonds is 5. The van der Waals surface area contributed by atoms with Crippen molar-refractivity contribution in [1.82, 2.24) is 9.78 Å². The first-order chi connectivity index (χ1) is 9.04. The van der Waals surface area contributed by atoms with Crippen LogP contribution in [0.3, 0.4) is 0 Å². The van der Waals surface area contributed by atoms with Crippen molar-refractivity contribution < 1.29 is 5.11 Å². The lowest BCUT2D eigenvalue weighted by Crippen LogP contribution is -2.14. The van der Waals surface area contributed by atoms with Gasteiger partial charge in [0.05, 0.1) is 11.8 Å². The first-order valence-electron chi connectivity index (χ1n) is 6.51. The first-order valence-corrected chi connectivity index (χ1v) is 7.30. The summed E-state index contributed by atoms with van der Waals surface area (Å²) in [4.78, 5) is 0. The van der Waals surface area contributed by atoms with Crippen LogP contribution >= 0.6 is 15.9 Å². The highest BCUT2D eigenvalue weighted by molar-refractivity contribution is 9.10. The number of benzene rings is 1. The van der Waals surface area contributed by atoms with Crippen molar-refractivity contribution in [2.45, 2.75) is 38.8 Å². The number of aliphatic hydroxyl groups excluding tert-OH is 1. The van der Waals surface area contributed by atoms with E-state index in [2.05, 4.69) is 34.9 Å². The number of hydrogen-bond acceptors (Lipinski definition) is 2. The highest BCUT2D eigenvalue weighted by atomic mass is 79.9. The SMILES string of the molecule is CC(C)n1ccc(CC(O)Cc2ccc(Br)cc2)n1. The molecule has 0 aliphatic rings. The highest BCUT2D eigenvalue weighted by Crippen LogP contribution is 2.13. The molecule has 0 fully saturated rings. The normalized spacial score (nSPS) is 12.9. The lowest BCUT2D eigenvalue weighted by atomic mass is 10.0. The molecule has 2 aromatic rings. The van der Waals surface area contributed by atoms with Crippen molar-refractivity contribution >= 4 is 15.9 Å². The number of aliphatic hydroxyl groups is 1. The molecule has 0 aliphatic carbocycles. The van der Waals surface area contributed by atoms with E-state index in [1.165, 1.54) is 0 Å². The lowest BCUT2D eigenvalue weighted by molar-refractivity contribution is 0.174. The zero-order chi connectivity index (χ0) is 13.8. The fourth-order valence-corrected chi connectivity index (χ4v) is 2.24. The van der Waals surface area contributed by atoms with Gasteiger partial charge in [0, 0.05) is 23.1 Å². The van der Waals surface area contributed by atoms with Gasteiger partial charge in [-0.2, -0.15) is 5.10 Å². The van der Waals surface area contributed by atoms with Gasteiger partial charge in [0.1, 0.15) is 0 Å². The molecule has 0 saturated carbocycles. The Morgan fingerprint density at radius 3 is 2.42 bits per heavy atom. The van der Waals surface area contributed by atoms with Gasteiger partial charge in [-0.15, -0.1) is 0 Å². The van der Waals surface area contributed by atoms with Crippen LogP contribution in [0.2, 0.25) is 0 Å². The predicted octanol–water partition coefficient (Wildman–Crippen LogP) is 3.37. The van der Waals surface area contributed by atoms with Gasteiger partial charge < -0.3 is 5.11 Å². The van der Waals surface area contributed by atoms with Crippen molar-refractivity contribution in [3.05, 3.63) is 52.3 Å². The Kier molecular flexibility index (Phi) is 4.77. The van der Waals surface area contributed by atoms with E-state index in [1.807, 2.05) is 41.2 Å². The third-order valence-electron chi connectivity index (χ3n) is 3.02. The minimum Gasteiger partial charge on any atom is -0.392 e. The first kappa shape index (κ1) is 14.3. The van der Waals surface area contributed by atoms with E-state index in [-0.39, 0.29) is 0 Å². The van der Waals surface area contributed by atoms with Crippen molar-refractivity contribution in [2.75, 3.05) is 0 Å². The second-order valence-electron chi connectivity index (χ2n) is 5.07. The number of nitrogens with zero attached hydrogens (tertiary/aromatic N) is 2. The maximum Gasteiger partial charge on any atom is 0.0650 e. The van der Waals surface area contributed by atoms with Crippen molar-refractivity contribution in [2.24, 2.45) is 0 Å². The summed E-state index contributed by atoms with van der Waals surface area (Å²) in [6.07, 6.45) is 2.82. The minimum absolute atomic E-state index is 0.359. The lowest BCUT2D eigenvalue weighted by Gasteiger charge is -2.09. The molecule has 1 N–H and O–H groups in total. The molecule has 0 aliphatic heterocycles. The topological polar surface area (TPSA) is 38.0 Å². The van der Waals surface area contributed by atoms with Crippen LogP contribution in [0.15, 0.2) is 41.0 Å². The molecule has 1 heterocycles. The van der Waals surface area contributed by atoms with E-state index in [9.17, 15) is 5.11 Å². The molecule has 19 heavy (non-hydrogen) atoms. The van der Waals surface area contributed by atoms with Crippen LogP contribution in [0.25, 0.3) is 0 Å². The molecule has 4 heteroatoms. The largest absolute Gasteiger partial charge is 0.392 e. The van der Waals surface area contributed by atoms with Gasteiger partial charge in [-0.1, -0.05) is 28.1 Å². The van der Waals surface area contributed by atoms with Gasteiger partial charge in [-0.25, -0.2) is 0 Å². The zero-order valence-corrected chi connectivity index (χ0v) is 12.8. The second-order valence-corrected chi connectivity index (χ2v) is 5.99. The van der Waals surface area contributed by atoms with Crippen molar-refractivity contribution in [3.8, 4) is 0 Å². The summed E-state index contributed by atoms with van der Waals surface area (Å²) < 4.78 is 2.98. The number of hydrogen-bond donors (Lipinski definition) is 1. The Hall–Kier alpha value is -1.13. The summed E-state index contributed by atoms with van der Waals surface area (Å²) >= 11 is 3.41. The van der Waals surface area contributed by atoms with Gasteiger partial charge >= 0.3 is 0 Å². The Bertz CT molecular complexity index is 519. The second kappa shape index (κ2) is 6.35. The van der Waals surface area contributed by atoms with Crippen LogP contribution in [0.5, 0.6) is 0 Å². The van der Waals surface area contributed by atoms with E-state index in [0.29, 0.717) is 18.9 Å². The van der Waals surface area contributed by atoms with Crippen LogP contribution in [0, 0.1) is 0 Å². The third kappa shape index (κ3) is 4.18. The molecule has 0 radical (unpaired) electrons. The summed E-state index contributed by atoms with van der Waals surface area (Å²) in [6, 6.07) is 10.4. The molecule has 0 spiro atoms. The Morgan fingerprint density at radius 1 is 1.16 bits per heavy atom. The van der Waals surface area contributed by atoms with Crippen LogP contribution in [-0.4, -0.2) is 21.0 Å². The molecule has 102 valence electrons. The molecule has 1 aromatic carbocycles. The summed E-state index contributed by atoms with van der Waals surface area (Å²) in [5.74, 6) is 0. The molecule has 0 bridgehead atoms. The molecule has 3 nitrogen and oxygen atoms in total. The van der Waals surface area contributed by atoms with Gasteiger partial charge in [-0.05, 0) is 44.0 Å². The molecule has 0 amide bonds. The molecule has 1 aromatic heterocycles. The average Bonchev–Trinajstić information content (AvgIpc) is 2.80. The minimum atomic E-state index is -0.392. The van der Waals surface area contributed by atoms with Gasteiger partial charge in [0.15, 0.2) is 0 Å². The zero-order valence-electron chi connectivity index (χ0n) is 11.3. The van der Waals surface area contributed by atoms with Gasteiger partial charge in [0.2, 0.25) is 0 Å². The third-order valence-corrected chi connectivity index (χ3v) is 3.55. The standard InChI is InChI=1S/C15H19BrN2O/c1-11(2)18-8-7-14(17-18)10-15(19)9-12-3-5-13(16)6-4-12/h3-8,11,15,19H,9-10H2,1-2H3. The van der Waals surface area contributed by atoms with Crippen molar-refractivity contribution in [3.63, 3.8) is 0 Å². The smallest absolute Gasteiger partial charge is 0.0650 e. The van der Waals surface area contributed by atoms with E-state index in [0.717, 1.165) is 15.7 Å². The van der Waals surface area contributed by atoms with Crippen LogP contribution in [-0.2, 0) is 12.8 Å². The predicted molar refractivity (Wildman–Crippen MR) is 80.2 cm³/mol. The van der Waals surface area contributed by atoms with Crippen LogP contribution in [0.4, 0.5) is 0 Å². The summed E-state index contributed by atoms with van der Waals surface area (Å²) in [6.45, 7) is 4.18. The monoisotopic (exact) mass is 322 g/mol. The molecule has 0 saturated heterocycles. The fraction of sp³-hybridized carbons (Fsp3) is 0.400. The molecule has 2 rings (SSSR count). The van der Waals surface area contributed by atoms with E-state index < -0.39 is 6.10 Å². The summed E-state index contributed by atoms with van der Waals surface area (Å²) in [5, 5.41) is 14.6. The molecule has 1 atom stereocenters. The summed E-state index contributed by atoms with van der Waals surface area (Å²) in [5.41, 5.74) is 2.08. The van der Waals surface area contributed by atoms with E-state index in [4.69, 9.17) is 0 Å². The number of halogens is 1. The van der Waals surface area contributed by atoms with Crippen LogP contribution in [0.1, 0.15) is 31.1 Å². The molecular weight excluding hydrogens is 304 g/mol. The van der Waals surface area contributed by atoms with Crippen molar-refractivity contribution in [1.29, 1.82) is 0 Å². The fourth-order valence-electron chi connectivity index (χ4n) is 1.98. The maximum atomic E-state index is 10.1. The molecular formula is C15H19BrN2O. The molecule has 1 unspecified atom stereocenters. The maximum absolute atomic E-state index is 10.1. The summed E-state index contributed by atoms with van der Waals surface area (Å²) in [7, 11) is 0. The average molecular weight is 323 g/mol. The Labute approximate surface area is 122 Å². The van der Waals surface area contributed by atoms with E-state index in [1.54, 1.807) is 0 Å².